The quantitative estimate of drug-likeness (QED) is 0.787. The summed E-state index contributed by atoms with van der Waals surface area (Å²) in [5.41, 5.74) is 0. The van der Waals surface area contributed by atoms with Crippen LogP contribution in [0.1, 0.15) is 26.1 Å². The van der Waals surface area contributed by atoms with Gasteiger partial charge < -0.3 is 4.57 Å². The van der Waals surface area contributed by atoms with Crippen LogP contribution in [0.2, 0.25) is 0 Å². The summed E-state index contributed by atoms with van der Waals surface area (Å²) in [4.78, 5) is 6.48. The molecule has 1 N–H and O–H groups in total. The number of aryl methyl sites for hydroxylation is 1. The van der Waals surface area contributed by atoms with E-state index in [-0.39, 0.29) is 6.04 Å². The largest absolute Gasteiger partial charge is 0.337 e. The van der Waals surface area contributed by atoms with Gasteiger partial charge >= 0.3 is 0 Å². The highest BCUT2D eigenvalue weighted by atomic mass is 15.1. The first-order valence-corrected chi connectivity index (χ1v) is 6.33. The van der Waals surface area contributed by atoms with Gasteiger partial charge in [-0.25, -0.2) is 4.98 Å². The summed E-state index contributed by atoms with van der Waals surface area (Å²) in [6.07, 6.45) is 4.58. The average molecular weight is 249 g/mol. The highest BCUT2D eigenvalue weighted by Crippen LogP contribution is 2.02. The van der Waals surface area contributed by atoms with Crippen LogP contribution in [0.15, 0.2) is 12.4 Å². The SMILES string of the molecule is CC(C)NC(C#N)CCN(C)Cc1nccn1C. The maximum Gasteiger partial charge on any atom is 0.122 e. The summed E-state index contributed by atoms with van der Waals surface area (Å²) in [6.45, 7) is 5.80. The second kappa shape index (κ2) is 7.14. The molecule has 0 fully saturated rings. The third-order valence-corrected chi connectivity index (χ3v) is 2.82. The van der Waals surface area contributed by atoms with E-state index >= 15 is 0 Å². The lowest BCUT2D eigenvalue weighted by Crippen LogP contribution is -2.36. The fourth-order valence-corrected chi connectivity index (χ4v) is 1.81. The Hall–Kier alpha value is -1.38. The first kappa shape index (κ1) is 14.7. The van der Waals surface area contributed by atoms with Gasteiger partial charge in [0.25, 0.3) is 0 Å². The van der Waals surface area contributed by atoms with Crippen molar-refractivity contribution in [2.75, 3.05) is 13.6 Å². The van der Waals surface area contributed by atoms with Crippen molar-refractivity contribution in [3.63, 3.8) is 0 Å². The predicted molar refractivity (Wildman–Crippen MR) is 71.8 cm³/mol. The number of nitrogens with one attached hydrogen (secondary N) is 1. The lowest BCUT2D eigenvalue weighted by Gasteiger charge is -2.19. The van der Waals surface area contributed by atoms with Crippen LogP contribution in [0, 0.1) is 11.3 Å². The van der Waals surface area contributed by atoms with Crippen molar-refractivity contribution in [3.8, 4) is 6.07 Å². The van der Waals surface area contributed by atoms with E-state index in [1.165, 1.54) is 0 Å². The van der Waals surface area contributed by atoms with Gasteiger partial charge in [0.05, 0.1) is 18.7 Å². The summed E-state index contributed by atoms with van der Waals surface area (Å²) >= 11 is 0. The molecule has 0 aliphatic rings. The molecule has 5 heteroatoms. The Morgan fingerprint density at radius 1 is 1.56 bits per heavy atom. The molecule has 18 heavy (non-hydrogen) atoms. The van der Waals surface area contributed by atoms with Crippen molar-refractivity contribution >= 4 is 0 Å². The Morgan fingerprint density at radius 3 is 2.78 bits per heavy atom. The zero-order valence-corrected chi connectivity index (χ0v) is 11.7. The molecule has 1 rings (SSSR count). The summed E-state index contributed by atoms with van der Waals surface area (Å²) in [7, 11) is 4.05. The third-order valence-electron chi connectivity index (χ3n) is 2.82. The van der Waals surface area contributed by atoms with E-state index in [0.717, 1.165) is 25.3 Å². The van der Waals surface area contributed by atoms with Gasteiger partial charge in [0.2, 0.25) is 0 Å². The molecule has 1 heterocycles. The molecule has 0 bridgehead atoms. The van der Waals surface area contributed by atoms with Crippen molar-refractivity contribution < 1.29 is 0 Å². The van der Waals surface area contributed by atoms with Gasteiger partial charge in [-0.15, -0.1) is 0 Å². The molecule has 100 valence electrons. The molecule has 0 aromatic carbocycles. The van der Waals surface area contributed by atoms with Crippen LogP contribution in [0.5, 0.6) is 0 Å². The number of imidazole rings is 1. The number of nitriles is 1. The minimum absolute atomic E-state index is 0.0752. The second-order valence-electron chi connectivity index (χ2n) is 4.98. The lowest BCUT2D eigenvalue weighted by atomic mass is 10.2. The minimum Gasteiger partial charge on any atom is -0.337 e. The minimum atomic E-state index is -0.0752. The van der Waals surface area contributed by atoms with Crippen LogP contribution in [-0.2, 0) is 13.6 Å². The van der Waals surface area contributed by atoms with Gasteiger partial charge in [-0.3, -0.25) is 10.2 Å². The van der Waals surface area contributed by atoms with Crippen molar-refractivity contribution in [2.24, 2.45) is 7.05 Å². The van der Waals surface area contributed by atoms with Crippen molar-refractivity contribution in [1.29, 1.82) is 5.26 Å². The molecule has 0 amide bonds. The summed E-state index contributed by atoms with van der Waals surface area (Å²) < 4.78 is 2.02. The zero-order chi connectivity index (χ0) is 13.5. The van der Waals surface area contributed by atoms with Crippen molar-refractivity contribution in [2.45, 2.75) is 38.9 Å². The summed E-state index contributed by atoms with van der Waals surface area (Å²) in [6, 6.07) is 2.57. The molecule has 0 aliphatic carbocycles. The average Bonchev–Trinajstić information content (AvgIpc) is 2.70. The summed E-state index contributed by atoms with van der Waals surface area (Å²) in [5, 5.41) is 12.3. The second-order valence-corrected chi connectivity index (χ2v) is 4.98. The maximum atomic E-state index is 9.04. The molecule has 0 saturated heterocycles. The monoisotopic (exact) mass is 249 g/mol. The van der Waals surface area contributed by atoms with Crippen LogP contribution < -0.4 is 5.32 Å². The van der Waals surface area contributed by atoms with Crippen LogP contribution in [0.3, 0.4) is 0 Å². The first-order valence-electron chi connectivity index (χ1n) is 6.33. The topological polar surface area (TPSA) is 56.9 Å². The number of nitrogens with zero attached hydrogens (tertiary/aromatic N) is 4. The molecule has 1 atom stereocenters. The number of aromatic nitrogens is 2. The summed E-state index contributed by atoms with van der Waals surface area (Å²) in [5.74, 6) is 1.04. The Morgan fingerprint density at radius 2 is 2.28 bits per heavy atom. The molecule has 0 radical (unpaired) electrons. The van der Waals surface area contributed by atoms with E-state index in [1.807, 2.05) is 24.0 Å². The van der Waals surface area contributed by atoms with E-state index in [1.54, 1.807) is 0 Å². The smallest absolute Gasteiger partial charge is 0.122 e. The van der Waals surface area contributed by atoms with Crippen molar-refractivity contribution in [3.05, 3.63) is 18.2 Å². The van der Waals surface area contributed by atoms with Crippen LogP contribution >= 0.6 is 0 Å². The van der Waals surface area contributed by atoms with Crippen LogP contribution in [0.25, 0.3) is 0 Å². The van der Waals surface area contributed by atoms with E-state index < -0.39 is 0 Å². The number of rotatable bonds is 7. The third kappa shape index (κ3) is 4.86. The first-order chi connectivity index (χ1) is 8.52. The van der Waals surface area contributed by atoms with Gasteiger partial charge in [0.1, 0.15) is 5.82 Å². The zero-order valence-electron chi connectivity index (χ0n) is 11.7. The van der Waals surface area contributed by atoms with E-state index in [9.17, 15) is 0 Å². The fourth-order valence-electron chi connectivity index (χ4n) is 1.81. The molecule has 0 spiro atoms. The Bertz CT molecular complexity index is 390. The van der Waals surface area contributed by atoms with Gasteiger partial charge in [-0.2, -0.15) is 5.26 Å². The van der Waals surface area contributed by atoms with Crippen molar-refractivity contribution in [1.82, 2.24) is 19.8 Å². The molecular weight excluding hydrogens is 226 g/mol. The maximum absolute atomic E-state index is 9.04. The Balaban J connectivity index is 2.34. The molecule has 1 aromatic heterocycles. The van der Waals surface area contributed by atoms with Crippen LogP contribution in [0.4, 0.5) is 0 Å². The molecule has 0 saturated carbocycles. The van der Waals surface area contributed by atoms with Gasteiger partial charge in [-0.05, 0) is 27.3 Å². The van der Waals surface area contributed by atoms with E-state index in [2.05, 4.69) is 42.2 Å². The molecule has 1 aromatic rings. The predicted octanol–water partition coefficient (Wildman–Crippen LogP) is 1.13. The molecule has 0 aliphatic heterocycles. The van der Waals surface area contributed by atoms with Crippen LogP contribution in [-0.4, -0.2) is 40.1 Å². The van der Waals surface area contributed by atoms with Gasteiger partial charge in [-0.1, -0.05) is 0 Å². The number of hydrogen-bond donors (Lipinski definition) is 1. The normalized spacial score (nSPS) is 12.9. The number of hydrogen-bond acceptors (Lipinski definition) is 4. The Labute approximate surface area is 109 Å². The molecule has 1 unspecified atom stereocenters. The Kier molecular flexibility index (Phi) is 5.83. The standard InChI is InChI=1S/C13H23N5/c1-11(2)16-12(9-14)5-7-17(3)10-13-15-6-8-18(13)4/h6,8,11-12,16H,5,7,10H2,1-4H3. The highest BCUT2D eigenvalue weighted by molar-refractivity contribution is 4.93. The molecular formula is C13H23N5. The molecule has 5 nitrogen and oxygen atoms in total. The fraction of sp³-hybridized carbons (Fsp3) is 0.692. The van der Waals surface area contributed by atoms with E-state index in [0.29, 0.717) is 6.04 Å². The van der Waals surface area contributed by atoms with E-state index in [4.69, 9.17) is 5.26 Å². The lowest BCUT2D eigenvalue weighted by molar-refractivity contribution is 0.297. The highest BCUT2D eigenvalue weighted by Gasteiger charge is 2.11. The van der Waals surface area contributed by atoms with Gasteiger partial charge in [0.15, 0.2) is 0 Å². The van der Waals surface area contributed by atoms with Gasteiger partial charge in [0, 0.05) is 32.0 Å².